The summed E-state index contributed by atoms with van der Waals surface area (Å²) in [6, 6.07) is 8.45. The molecule has 1 amide bonds. The van der Waals surface area contributed by atoms with E-state index in [1.54, 1.807) is 0 Å². The van der Waals surface area contributed by atoms with Crippen molar-refractivity contribution in [2.75, 3.05) is 6.54 Å². The van der Waals surface area contributed by atoms with Crippen LogP contribution < -0.4 is 5.32 Å². The van der Waals surface area contributed by atoms with Crippen LogP contribution in [0.3, 0.4) is 0 Å². The van der Waals surface area contributed by atoms with Gasteiger partial charge in [-0.3, -0.25) is 9.89 Å². The van der Waals surface area contributed by atoms with Gasteiger partial charge in [0.05, 0.1) is 0 Å². The third-order valence-corrected chi connectivity index (χ3v) is 4.04. The summed E-state index contributed by atoms with van der Waals surface area (Å²) in [5.41, 5.74) is 2.82. The SMILES string of the molecule is CC1(CNC(=O)c2n[nH]c(Br)n2)Cc2ccccc2C1. The molecule has 0 spiro atoms. The van der Waals surface area contributed by atoms with E-state index in [2.05, 4.69) is 67.6 Å². The summed E-state index contributed by atoms with van der Waals surface area (Å²) in [6.07, 6.45) is 1.97. The summed E-state index contributed by atoms with van der Waals surface area (Å²) < 4.78 is 0.460. The van der Waals surface area contributed by atoms with Gasteiger partial charge in [0.1, 0.15) is 0 Å². The highest BCUT2D eigenvalue weighted by Crippen LogP contribution is 2.35. The molecule has 5 nitrogen and oxygen atoms in total. The molecule has 0 bridgehead atoms. The van der Waals surface area contributed by atoms with Gasteiger partial charge < -0.3 is 5.32 Å². The predicted molar refractivity (Wildman–Crippen MR) is 78.4 cm³/mol. The minimum Gasteiger partial charge on any atom is -0.349 e. The minimum absolute atomic E-state index is 0.0624. The van der Waals surface area contributed by atoms with E-state index in [0.717, 1.165) is 12.8 Å². The molecule has 20 heavy (non-hydrogen) atoms. The number of nitrogens with zero attached hydrogens (tertiary/aromatic N) is 2. The molecule has 104 valence electrons. The van der Waals surface area contributed by atoms with Crippen LogP contribution in [0.25, 0.3) is 0 Å². The zero-order chi connectivity index (χ0) is 14.2. The maximum Gasteiger partial charge on any atom is 0.291 e. The number of carbonyl (C=O) groups is 1. The molecule has 6 heteroatoms. The van der Waals surface area contributed by atoms with Gasteiger partial charge in [-0.1, -0.05) is 31.2 Å². The Morgan fingerprint density at radius 1 is 1.40 bits per heavy atom. The Bertz CT molecular complexity index is 627. The fourth-order valence-electron chi connectivity index (χ4n) is 2.73. The van der Waals surface area contributed by atoms with Gasteiger partial charge >= 0.3 is 0 Å². The molecule has 0 unspecified atom stereocenters. The van der Waals surface area contributed by atoms with Gasteiger partial charge in [-0.15, -0.1) is 5.10 Å². The van der Waals surface area contributed by atoms with E-state index in [-0.39, 0.29) is 17.1 Å². The van der Waals surface area contributed by atoms with Crippen LogP contribution in [0.1, 0.15) is 28.7 Å². The highest BCUT2D eigenvalue weighted by Gasteiger charge is 2.33. The summed E-state index contributed by atoms with van der Waals surface area (Å²) in [7, 11) is 0. The van der Waals surface area contributed by atoms with Crippen molar-refractivity contribution in [2.45, 2.75) is 19.8 Å². The number of hydrogen-bond donors (Lipinski definition) is 2. The van der Waals surface area contributed by atoms with E-state index in [4.69, 9.17) is 0 Å². The number of halogens is 1. The molecule has 2 N–H and O–H groups in total. The highest BCUT2D eigenvalue weighted by molar-refractivity contribution is 9.10. The van der Waals surface area contributed by atoms with Crippen LogP contribution in [0.15, 0.2) is 29.0 Å². The number of nitrogens with one attached hydrogen (secondary N) is 2. The zero-order valence-corrected chi connectivity index (χ0v) is 12.7. The lowest BCUT2D eigenvalue weighted by atomic mass is 9.87. The maximum atomic E-state index is 12.0. The van der Waals surface area contributed by atoms with Crippen molar-refractivity contribution < 1.29 is 4.79 Å². The fraction of sp³-hybridized carbons (Fsp3) is 0.357. The number of aromatic nitrogens is 3. The number of amides is 1. The molecule has 0 atom stereocenters. The second-order valence-electron chi connectivity index (χ2n) is 5.57. The van der Waals surface area contributed by atoms with E-state index >= 15 is 0 Å². The number of fused-ring (bicyclic) bond motifs is 1. The first-order valence-corrected chi connectivity index (χ1v) is 7.28. The predicted octanol–water partition coefficient (Wildman–Crippen LogP) is 2.10. The first kappa shape index (κ1) is 13.3. The van der Waals surface area contributed by atoms with E-state index in [0.29, 0.717) is 11.3 Å². The van der Waals surface area contributed by atoms with Crippen molar-refractivity contribution in [2.24, 2.45) is 5.41 Å². The van der Waals surface area contributed by atoms with Crippen LogP contribution in [0.5, 0.6) is 0 Å². The molecular formula is C14H15BrN4O. The molecule has 1 aromatic heterocycles. The first-order valence-electron chi connectivity index (χ1n) is 6.49. The Morgan fingerprint density at radius 2 is 2.05 bits per heavy atom. The molecule has 1 aliphatic carbocycles. The number of aromatic amines is 1. The molecular weight excluding hydrogens is 320 g/mol. The number of rotatable bonds is 3. The first-order chi connectivity index (χ1) is 9.56. The second-order valence-corrected chi connectivity index (χ2v) is 6.32. The molecule has 0 fully saturated rings. The van der Waals surface area contributed by atoms with Crippen LogP contribution in [-0.4, -0.2) is 27.6 Å². The summed E-state index contributed by atoms with van der Waals surface area (Å²) in [4.78, 5) is 15.9. The maximum absolute atomic E-state index is 12.0. The number of hydrogen-bond acceptors (Lipinski definition) is 3. The largest absolute Gasteiger partial charge is 0.349 e. The average molecular weight is 335 g/mol. The zero-order valence-electron chi connectivity index (χ0n) is 11.1. The molecule has 0 saturated carbocycles. The van der Waals surface area contributed by atoms with Crippen LogP contribution >= 0.6 is 15.9 Å². The third kappa shape index (κ3) is 2.60. The van der Waals surface area contributed by atoms with Crippen molar-refractivity contribution >= 4 is 21.8 Å². The number of benzene rings is 1. The Morgan fingerprint density at radius 3 is 2.60 bits per heavy atom. The Kier molecular flexibility index (Phi) is 3.33. The van der Waals surface area contributed by atoms with Gasteiger partial charge in [-0.2, -0.15) is 4.98 Å². The molecule has 0 radical (unpaired) electrons. The smallest absolute Gasteiger partial charge is 0.291 e. The van der Waals surface area contributed by atoms with Crippen molar-refractivity contribution in [3.05, 3.63) is 46.0 Å². The van der Waals surface area contributed by atoms with Crippen LogP contribution in [0.2, 0.25) is 0 Å². The average Bonchev–Trinajstić information content (AvgIpc) is 2.99. The van der Waals surface area contributed by atoms with Gasteiger partial charge in [-0.05, 0) is 45.3 Å². The molecule has 1 aromatic carbocycles. The van der Waals surface area contributed by atoms with E-state index < -0.39 is 0 Å². The highest BCUT2D eigenvalue weighted by atomic mass is 79.9. The van der Waals surface area contributed by atoms with Crippen molar-refractivity contribution in [3.63, 3.8) is 0 Å². The van der Waals surface area contributed by atoms with Gasteiger partial charge in [-0.25, -0.2) is 0 Å². The minimum atomic E-state index is -0.246. The molecule has 2 aromatic rings. The van der Waals surface area contributed by atoms with E-state index in [9.17, 15) is 4.79 Å². The topological polar surface area (TPSA) is 70.7 Å². The van der Waals surface area contributed by atoms with Crippen LogP contribution in [-0.2, 0) is 12.8 Å². The van der Waals surface area contributed by atoms with Crippen LogP contribution in [0.4, 0.5) is 0 Å². The van der Waals surface area contributed by atoms with Gasteiger partial charge in [0.2, 0.25) is 5.82 Å². The van der Waals surface area contributed by atoms with Crippen molar-refractivity contribution in [3.8, 4) is 0 Å². The number of carbonyl (C=O) groups excluding carboxylic acids is 1. The lowest BCUT2D eigenvalue weighted by Crippen LogP contribution is -2.36. The molecule has 0 saturated heterocycles. The summed E-state index contributed by atoms with van der Waals surface area (Å²) in [5, 5.41) is 9.35. The Balaban J connectivity index is 1.63. The second kappa shape index (κ2) is 5.01. The third-order valence-electron chi connectivity index (χ3n) is 3.69. The number of H-pyrrole nitrogens is 1. The van der Waals surface area contributed by atoms with Crippen LogP contribution in [0, 0.1) is 5.41 Å². The van der Waals surface area contributed by atoms with Gasteiger partial charge in [0.15, 0.2) is 4.73 Å². The van der Waals surface area contributed by atoms with Crippen molar-refractivity contribution in [1.82, 2.24) is 20.5 Å². The quantitative estimate of drug-likeness (QED) is 0.902. The Labute approximate surface area is 125 Å². The monoisotopic (exact) mass is 334 g/mol. The summed E-state index contributed by atoms with van der Waals surface area (Å²) >= 11 is 3.14. The molecule has 1 aliphatic rings. The normalized spacial score (nSPS) is 15.9. The lowest BCUT2D eigenvalue weighted by Gasteiger charge is -2.23. The fourth-order valence-corrected chi connectivity index (χ4v) is 2.98. The molecule has 1 heterocycles. The van der Waals surface area contributed by atoms with E-state index in [1.807, 2.05) is 0 Å². The van der Waals surface area contributed by atoms with Gasteiger partial charge in [0.25, 0.3) is 5.91 Å². The standard InChI is InChI=1S/C14H15BrN4O/c1-14(6-9-4-2-3-5-10(9)7-14)8-16-12(20)11-17-13(15)19-18-11/h2-5H,6-8H2,1H3,(H,16,20)(H,17,18,19). The summed E-state index contributed by atoms with van der Waals surface area (Å²) in [5.74, 6) is -0.0832. The van der Waals surface area contributed by atoms with Gasteiger partial charge in [0, 0.05) is 6.54 Å². The molecule has 3 rings (SSSR count). The van der Waals surface area contributed by atoms with E-state index in [1.165, 1.54) is 11.1 Å². The molecule has 0 aliphatic heterocycles. The lowest BCUT2D eigenvalue weighted by molar-refractivity contribution is 0.0925. The summed E-state index contributed by atoms with van der Waals surface area (Å²) in [6.45, 7) is 2.81. The van der Waals surface area contributed by atoms with Crippen molar-refractivity contribution in [1.29, 1.82) is 0 Å². The Hall–Kier alpha value is -1.69.